The number of likely N-dealkylation sites (tertiary alicyclic amines) is 1. The van der Waals surface area contributed by atoms with E-state index >= 15 is 0 Å². The molecule has 1 N–H and O–H groups in total. The minimum absolute atomic E-state index is 0.239. The summed E-state index contributed by atoms with van der Waals surface area (Å²) in [4.78, 5) is 19.7. The van der Waals surface area contributed by atoms with Crippen LogP contribution in [0.5, 0.6) is 0 Å². The molecule has 0 bridgehead atoms. The van der Waals surface area contributed by atoms with Crippen LogP contribution in [-0.2, 0) is 10.9 Å². The zero-order valence-corrected chi connectivity index (χ0v) is 12.8. The largest absolute Gasteiger partial charge is 0.444 e. The number of aromatic nitrogens is 2. The van der Waals surface area contributed by atoms with Gasteiger partial charge in [0.2, 0.25) is 0 Å². The van der Waals surface area contributed by atoms with Crippen LogP contribution in [0.2, 0.25) is 0 Å². The first kappa shape index (κ1) is 16.6. The Morgan fingerprint density at radius 2 is 2.09 bits per heavy atom. The Morgan fingerprint density at radius 3 is 2.64 bits per heavy atom. The number of hydrogen-bond donors (Lipinski definition) is 1. The maximum Gasteiger partial charge on any atom is 0.432 e. The number of piperidine rings is 1. The monoisotopic (exact) mass is 319 g/mol. The molecule has 0 aromatic carbocycles. The summed E-state index contributed by atoms with van der Waals surface area (Å²) in [6.45, 7) is 6.16. The predicted molar refractivity (Wildman–Crippen MR) is 73.4 cm³/mol. The number of amides is 1. The van der Waals surface area contributed by atoms with Gasteiger partial charge in [0.05, 0.1) is 6.20 Å². The highest BCUT2D eigenvalue weighted by Gasteiger charge is 2.35. The number of aromatic amines is 1. The van der Waals surface area contributed by atoms with Gasteiger partial charge in [0.15, 0.2) is 0 Å². The lowest BCUT2D eigenvalue weighted by atomic mass is 9.98. The van der Waals surface area contributed by atoms with Gasteiger partial charge < -0.3 is 14.6 Å². The van der Waals surface area contributed by atoms with Gasteiger partial charge in [0.25, 0.3) is 0 Å². The minimum atomic E-state index is -4.44. The number of alkyl halides is 3. The molecule has 1 aliphatic rings. The summed E-state index contributed by atoms with van der Waals surface area (Å²) in [5.74, 6) is 0.0259. The maximum absolute atomic E-state index is 12.6. The summed E-state index contributed by atoms with van der Waals surface area (Å²) in [5.41, 5.74) is -1.46. The normalized spacial score (nSPS) is 20.1. The second-order valence-corrected chi connectivity index (χ2v) is 6.45. The van der Waals surface area contributed by atoms with E-state index in [1.165, 1.54) is 4.90 Å². The molecule has 1 aliphatic heterocycles. The maximum atomic E-state index is 12.6. The summed E-state index contributed by atoms with van der Waals surface area (Å²) >= 11 is 0. The van der Waals surface area contributed by atoms with Crippen molar-refractivity contribution in [1.29, 1.82) is 0 Å². The Kier molecular flexibility index (Phi) is 4.39. The first-order valence-corrected chi connectivity index (χ1v) is 7.16. The standard InChI is InChI=1S/C14H20F3N3O2/c1-13(2,3)22-12(21)20-6-4-5-9(8-20)11-18-7-10(19-11)14(15,16)17/h7,9H,4-6,8H2,1-3H3,(H,18,19). The van der Waals surface area contributed by atoms with Gasteiger partial charge in [-0.2, -0.15) is 13.2 Å². The van der Waals surface area contributed by atoms with Crippen molar-refractivity contribution in [2.45, 2.75) is 51.3 Å². The third kappa shape index (κ3) is 4.14. The second-order valence-electron chi connectivity index (χ2n) is 6.45. The van der Waals surface area contributed by atoms with Crippen molar-refractivity contribution >= 4 is 6.09 Å². The van der Waals surface area contributed by atoms with Crippen molar-refractivity contribution in [2.24, 2.45) is 0 Å². The lowest BCUT2D eigenvalue weighted by molar-refractivity contribution is -0.141. The molecule has 1 unspecified atom stereocenters. The SMILES string of the molecule is CC(C)(C)OC(=O)N1CCCC(c2ncc(C(F)(F)F)[nH]2)C1. The molecule has 0 aliphatic carbocycles. The van der Waals surface area contributed by atoms with Crippen LogP contribution >= 0.6 is 0 Å². The Morgan fingerprint density at radius 1 is 1.41 bits per heavy atom. The quantitative estimate of drug-likeness (QED) is 0.861. The number of imidazole rings is 1. The van der Waals surface area contributed by atoms with E-state index in [-0.39, 0.29) is 11.7 Å². The van der Waals surface area contributed by atoms with Crippen molar-refractivity contribution < 1.29 is 22.7 Å². The van der Waals surface area contributed by atoms with Crippen LogP contribution < -0.4 is 0 Å². The van der Waals surface area contributed by atoms with E-state index < -0.39 is 23.6 Å². The van der Waals surface area contributed by atoms with E-state index in [0.29, 0.717) is 25.9 Å². The molecule has 1 aromatic rings. The zero-order chi connectivity index (χ0) is 16.5. The predicted octanol–water partition coefficient (Wildman–Crippen LogP) is 3.54. The average Bonchev–Trinajstić information content (AvgIpc) is 2.86. The highest BCUT2D eigenvalue weighted by molar-refractivity contribution is 5.68. The van der Waals surface area contributed by atoms with Crippen LogP contribution in [0.15, 0.2) is 6.20 Å². The molecule has 1 aromatic heterocycles. The van der Waals surface area contributed by atoms with Crippen LogP contribution in [0.3, 0.4) is 0 Å². The second kappa shape index (κ2) is 5.81. The molecule has 0 radical (unpaired) electrons. The smallest absolute Gasteiger partial charge is 0.432 e. The van der Waals surface area contributed by atoms with Gasteiger partial charge in [-0.1, -0.05) is 0 Å². The summed E-state index contributed by atoms with van der Waals surface area (Å²) in [7, 11) is 0. The molecular formula is C14H20F3N3O2. The number of rotatable bonds is 1. The molecule has 2 rings (SSSR count). The van der Waals surface area contributed by atoms with Crippen molar-refractivity contribution in [3.05, 3.63) is 17.7 Å². The van der Waals surface area contributed by atoms with Crippen LogP contribution in [0.1, 0.15) is 51.0 Å². The van der Waals surface area contributed by atoms with Crippen molar-refractivity contribution in [2.75, 3.05) is 13.1 Å². The Hall–Kier alpha value is -1.73. The fourth-order valence-corrected chi connectivity index (χ4v) is 2.38. The van der Waals surface area contributed by atoms with Crippen LogP contribution in [0.25, 0.3) is 0 Å². The number of nitrogens with one attached hydrogen (secondary N) is 1. The van der Waals surface area contributed by atoms with Gasteiger partial charge in [-0.25, -0.2) is 9.78 Å². The van der Waals surface area contributed by atoms with E-state index in [1.54, 1.807) is 20.8 Å². The molecule has 1 atom stereocenters. The van der Waals surface area contributed by atoms with Gasteiger partial charge in [-0.3, -0.25) is 0 Å². The van der Waals surface area contributed by atoms with Crippen LogP contribution in [0.4, 0.5) is 18.0 Å². The molecule has 8 heteroatoms. The summed E-state index contributed by atoms with van der Waals surface area (Å²) in [5, 5.41) is 0. The number of hydrogen-bond acceptors (Lipinski definition) is 3. The van der Waals surface area contributed by atoms with Crippen molar-refractivity contribution in [3.8, 4) is 0 Å². The molecule has 124 valence electrons. The topological polar surface area (TPSA) is 58.2 Å². The number of carbonyl (C=O) groups is 1. The number of nitrogens with zero attached hydrogens (tertiary/aromatic N) is 2. The first-order valence-electron chi connectivity index (χ1n) is 7.16. The van der Waals surface area contributed by atoms with Gasteiger partial charge in [-0.05, 0) is 33.6 Å². The van der Waals surface area contributed by atoms with E-state index in [9.17, 15) is 18.0 Å². The van der Waals surface area contributed by atoms with E-state index in [4.69, 9.17) is 4.74 Å². The van der Waals surface area contributed by atoms with Crippen molar-refractivity contribution in [3.63, 3.8) is 0 Å². The lowest BCUT2D eigenvalue weighted by Gasteiger charge is -2.33. The van der Waals surface area contributed by atoms with Crippen molar-refractivity contribution in [1.82, 2.24) is 14.9 Å². The molecule has 5 nitrogen and oxygen atoms in total. The first-order chi connectivity index (χ1) is 10.1. The number of carbonyl (C=O) groups excluding carboxylic acids is 1. The van der Waals surface area contributed by atoms with E-state index in [1.807, 2.05) is 0 Å². The number of ether oxygens (including phenoxy) is 1. The third-order valence-electron chi connectivity index (χ3n) is 3.36. The van der Waals surface area contributed by atoms with Crippen LogP contribution in [-0.4, -0.2) is 39.7 Å². The molecular weight excluding hydrogens is 299 g/mol. The summed E-state index contributed by atoms with van der Waals surface area (Å²) < 4.78 is 43.1. The summed E-state index contributed by atoms with van der Waals surface area (Å²) in [6.07, 6.45) is -2.71. The van der Waals surface area contributed by atoms with Crippen LogP contribution in [0, 0.1) is 0 Å². The van der Waals surface area contributed by atoms with E-state index in [0.717, 1.165) is 6.20 Å². The molecule has 22 heavy (non-hydrogen) atoms. The molecule has 0 saturated carbocycles. The fraction of sp³-hybridized carbons (Fsp3) is 0.714. The number of H-pyrrole nitrogens is 1. The molecule has 1 saturated heterocycles. The highest BCUT2D eigenvalue weighted by Crippen LogP contribution is 2.31. The minimum Gasteiger partial charge on any atom is -0.444 e. The third-order valence-corrected chi connectivity index (χ3v) is 3.36. The Bertz CT molecular complexity index is 534. The zero-order valence-electron chi connectivity index (χ0n) is 12.8. The molecule has 1 amide bonds. The van der Waals surface area contributed by atoms with Gasteiger partial charge in [0, 0.05) is 19.0 Å². The molecule has 1 fully saturated rings. The van der Waals surface area contributed by atoms with Gasteiger partial charge >= 0.3 is 12.3 Å². The molecule has 0 spiro atoms. The Labute approximate surface area is 126 Å². The lowest BCUT2D eigenvalue weighted by Crippen LogP contribution is -2.42. The number of halogens is 3. The van der Waals surface area contributed by atoms with E-state index in [2.05, 4.69) is 9.97 Å². The highest BCUT2D eigenvalue weighted by atomic mass is 19.4. The summed E-state index contributed by atoms with van der Waals surface area (Å²) in [6, 6.07) is 0. The Balaban J connectivity index is 2.04. The average molecular weight is 319 g/mol. The molecule has 2 heterocycles. The van der Waals surface area contributed by atoms with Gasteiger partial charge in [-0.15, -0.1) is 0 Å². The fourth-order valence-electron chi connectivity index (χ4n) is 2.38. The van der Waals surface area contributed by atoms with Gasteiger partial charge in [0.1, 0.15) is 17.1 Å².